The van der Waals surface area contributed by atoms with Gasteiger partial charge < -0.3 is 0 Å². The molecule has 0 radical (unpaired) electrons. The van der Waals surface area contributed by atoms with Crippen LogP contribution in [0.1, 0.15) is 61.6 Å². The predicted octanol–water partition coefficient (Wildman–Crippen LogP) is 18.0. The highest BCUT2D eigenvalue weighted by Gasteiger charge is 2.46. The van der Waals surface area contributed by atoms with Crippen LogP contribution >= 0.6 is 0 Å². The van der Waals surface area contributed by atoms with Crippen molar-refractivity contribution in [1.82, 2.24) is 4.98 Å². The van der Waals surface area contributed by atoms with Crippen molar-refractivity contribution in [3.05, 3.63) is 329 Å². The van der Waals surface area contributed by atoms with Crippen molar-refractivity contribution in [3.63, 3.8) is 0 Å². The molecule has 1 heteroatoms. The zero-order valence-electron chi connectivity index (χ0n) is 40.3. The van der Waals surface area contributed by atoms with Crippen molar-refractivity contribution >= 4 is 33.3 Å². The van der Waals surface area contributed by atoms with Crippen molar-refractivity contribution in [2.75, 3.05) is 0 Å². The van der Waals surface area contributed by atoms with Crippen LogP contribution in [0.5, 0.6) is 0 Å². The lowest BCUT2D eigenvalue weighted by molar-refractivity contribution is 0.756. The molecule has 11 aromatic carbocycles. The third-order valence-corrected chi connectivity index (χ3v) is 15.7. The Morgan fingerprint density at radius 1 is 0.370 bits per heavy atom. The molecule has 1 unspecified atom stereocenters. The Morgan fingerprint density at radius 3 is 1.55 bits per heavy atom. The van der Waals surface area contributed by atoms with E-state index >= 15 is 0 Å². The number of fused-ring (bicyclic) bond motifs is 9. The molecule has 1 heterocycles. The fourth-order valence-electron chi connectivity index (χ4n) is 12.3. The van der Waals surface area contributed by atoms with E-state index in [1.165, 1.54) is 116 Å². The van der Waals surface area contributed by atoms with Gasteiger partial charge in [0, 0.05) is 22.9 Å². The molecule has 1 aromatic heterocycles. The highest BCUT2D eigenvalue weighted by molar-refractivity contribution is 6.07. The number of aromatic nitrogens is 1. The van der Waals surface area contributed by atoms with Crippen LogP contribution < -0.4 is 0 Å². The normalized spacial score (nSPS) is 13.3. The van der Waals surface area contributed by atoms with E-state index in [1.54, 1.807) is 0 Å². The van der Waals surface area contributed by atoms with Gasteiger partial charge >= 0.3 is 0 Å². The second-order valence-electron chi connectivity index (χ2n) is 19.8. The monoisotopic (exact) mass is 927 g/mol. The van der Waals surface area contributed by atoms with Crippen molar-refractivity contribution in [1.29, 1.82) is 0 Å². The summed E-state index contributed by atoms with van der Waals surface area (Å²) in [7, 11) is 0. The van der Waals surface area contributed by atoms with E-state index in [4.69, 9.17) is 4.98 Å². The van der Waals surface area contributed by atoms with Gasteiger partial charge in [0.25, 0.3) is 0 Å². The summed E-state index contributed by atoms with van der Waals surface area (Å²) >= 11 is 0. The van der Waals surface area contributed by atoms with Gasteiger partial charge in [-0.25, -0.2) is 0 Å². The van der Waals surface area contributed by atoms with Crippen LogP contribution in [0.2, 0.25) is 0 Å². The minimum atomic E-state index is -0.555. The fourth-order valence-corrected chi connectivity index (χ4v) is 12.3. The van der Waals surface area contributed by atoms with Gasteiger partial charge in [-0.3, -0.25) is 4.98 Å². The Morgan fingerprint density at radius 2 is 0.877 bits per heavy atom. The van der Waals surface area contributed by atoms with Gasteiger partial charge in [-0.15, -0.1) is 0 Å². The minimum absolute atomic E-state index is 0.0399. The highest BCUT2D eigenvalue weighted by Crippen LogP contribution is 2.57. The van der Waals surface area contributed by atoms with E-state index in [9.17, 15) is 0 Å². The molecule has 0 saturated carbocycles. The van der Waals surface area contributed by atoms with Crippen molar-refractivity contribution in [2.24, 2.45) is 0 Å². The molecule has 0 N–H and O–H groups in total. The average molecular weight is 928 g/mol. The Bertz CT molecular complexity index is 3990. The summed E-state index contributed by atoms with van der Waals surface area (Å²) in [5.74, 6) is 0.0399. The topological polar surface area (TPSA) is 12.9 Å². The molecule has 0 aliphatic heterocycles. The molecule has 2 aliphatic carbocycles. The highest BCUT2D eigenvalue weighted by atomic mass is 14.7. The summed E-state index contributed by atoms with van der Waals surface area (Å²) in [6, 6.07) is 98.9. The lowest BCUT2D eigenvalue weighted by Gasteiger charge is -2.34. The lowest BCUT2D eigenvalue weighted by atomic mass is 9.67. The number of benzene rings is 11. The van der Waals surface area contributed by atoms with Gasteiger partial charge in [-0.1, -0.05) is 255 Å². The summed E-state index contributed by atoms with van der Waals surface area (Å²) in [5, 5.41) is 3.56. The van der Waals surface area contributed by atoms with Crippen molar-refractivity contribution < 1.29 is 0 Å². The first-order valence-corrected chi connectivity index (χ1v) is 25.5. The minimum Gasteiger partial charge on any atom is -0.255 e. The second kappa shape index (κ2) is 17.6. The maximum atomic E-state index is 5.18. The molecule has 12 aromatic rings. The van der Waals surface area contributed by atoms with Gasteiger partial charge in [0.1, 0.15) is 0 Å². The summed E-state index contributed by atoms with van der Waals surface area (Å²) in [4.78, 5) is 5.18. The molecule has 0 amide bonds. The van der Waals surface area contributed by atoms with Crippen LogP contribution in [0, 0.1) is 0 Å². The molecule has 2 aliphatic rings. The predicted molar refractivity (Wildman–Crippen MR) is 305 cm³/mol. The molecule has 0 fully saturated rings. The zero-order chi connectivity index (χ0) is 48.3. The van der Waals surface area contributed by atoms with E-state index in [2.05, 4.69) is 279 Å². The molecule has 0 bridgehead atoms. The lowest BCUT2D eigenvalue weighted by Crippen LogP contribution is -2.28. The Balaban J connectivity index is 0.888. The van der Waals surface area contributed by atoms with Gasteiger partial charge in [-0.05, 0) is 136 Å². The van der Waals surface area contributed by atoms with Crippen LogP contribution in [0.3, 0.4) is 0 Å². The van der Waals surface area contributed by atoms with Crippen LogP contribution in [0.15, 0.2) is 273 Å². The molecular weight excluding hydrogens is 879 g/mol. The van der Waals surface area contributed by atoms with Crippen molar-refractivity contribution in [2.45, 2.75) is 17.8 Å². The molecule has 0 spiro atoms. The Labute approximate surface area is 427 Å². The van der Waals surface area contributed by atoms with Crippen LogP contribution in [0.4, 0.5) is 0 Å². The second-order valence-corrected chi connectivity index (χ2v) is 19.8. The summed E-state index contributed by atoms with van der Waals surface area (Å²) in [5.41, 5.74) is 24.4. The quantitative estimate of drug-likeness (QED) is 0.131. The van der Waals surface area contributed by atoms with E-state index in [0.29, 0.717) is 0 Å². The van der Waals surface area contributed by atoms with Gasteiger partial charge in [0.2, 0.25) is 0 Å². The van der Waals surface area contributed by atoms with E-state index in [1.807, 2.05) is 0 Å². The molecule has 1 atom stereocenters. The van der Waals surface area contributed by atoms with Gasteiger partial charge in [0.05, 0.1) is 10.9 Å². The number of nitrogens with zero attached hydrogens (tertiary/aromatic N) is 1. The summed E-state index contributed by atoms with van der Waals surface area (Å²) in [6.45, 7) is 0. The number of hydrogen-bond acceptors (Lipinski definition) is 1. The van der Waals surface area contributed by atoms with Gasteiger partial charge in [0.15, 0.2) is 0 Å². The molecular formula is C72H49N. The average Bonchev–Trinajstić information content (AvgIpc) is 3.94. The zero-order valence-corrected chi connectivity index (χ0v) is 40.3. The third-order valence-electron chi connectivity index (χ3n) is 15.7. The molecule has 1 nitrogen and oxygen atoms in total. The summed E-state index contributed by atoms with van der Waals surface area (Å²) in [6.07, 6.45) is 5.24. The van der Waals surface area contributed by atoms with E-state index < -0.39 is 5.41 Å². The number of hydrogen-bond donors (Lipinski definition) is 0. The Kier molecular flexibility index (Phi) is 10.3. The maximum Gasteiger partial charge on any atom is 0.0780 e. The third kappa shape index (κ3) is 7.19. The van der Waals surface area contributed by atoms with E-state index in [-0.39, 0.29) is 5.92 Å². The molecule has 14 rings (SSSR count). The smallest absolute Gasteiger partial charge is 0.0780 e. The van der Waals surface area contributed by atoms with Crippen molar-refractivity contribution in [3.8, 4) is 44.5 Å². The molecule has 73 heavy (non-hydrogen) atoms. The molecule has 0 saturated heterocycles. The van der Waals surface area contributed by atoms with Crippen LogP contribution in [0.25, 0.3) is 77.8 Å². The van der Waals surface area contributed by atoms with E-state index in [0.717, 1.165) is 17.3 Å². The first-order valence-electron chi connectivity index (χ1n) is 25.5. The van der Waals surface area contributed by atoms with Crippen LogP contribution in [-0.4, -0.2) is 4.98 Å². The first kappa shape index (κ1) is 42.7. The largest absolute Gasteiger partial charge is 0.255 e. The number of pyridine rings is 1. The van der Waals surface area contributed by atoms with Crippen LogP contribution in [-0.2, 0) is 11.8 Å². The van der Waals surface area contributed by atoms with Gasteiger partial charge in [-0.2, -0.15) is 0 Å². The molecule has 342 valence electrons. The first-order chi connectivity index (χ1) is 36.2. The maximum absolute atomic E-state index is 5.18. The SMILES string of the molecule is C(=C1c2ccccc2-c2ccccc21)c1ccc(-c2ccc(C(Cc3cnc4c(ccc5ccccc54)c3)c3ccc4c(c3)C(c3ccccc3)(c3ccccc3)c3cc(-c5ccccc5)ccc3-4)cc2)cc1. The number of rotatable bonds is 9. The fraction of sp³-hybridized carbons (Fsp3) is 0.0417. The Hall–Kier alpha value is -9.17. The standard InChI is InChI=1S/C72H49N/c1-4-16-50(17-5-1)55-38-40-65-66-41-39-56(46-70(66)72(69(65)45-55,58-19-6-2-7-20-58)59-21-8-3-9-22-59)67(44-49-42-57-37-36-53-18-10-11-23-60(53)71(57)73-47-49)54-34-32-52(33-35-54)51-30-28-48(29-31-51)43-68-63-26-14-12-24-61(63)62-25-13-15-27-64(62)68/h1-43,45-47,67H,44H2. The summed E-state index contributed by atoms with van der Waals surface area (Å²) < 4.78 is 0.